The van der Waals surface area contributed by atoms with Crippen LogP contribution in [0, 0.1) is 35.5 Å². The molecule has 5 aliphatic rings. The average molecular weight is 453 g/mol. The number of imide groups is 1. The highest BCUT2D eigenvalue weighted by molar-refractivity contribution is 6.36. The van der Waals surface area contributed by atoms with Gasteiger partial charge in [-0.3, -0.25) is 14.4 Å². The molecule has 7 rings (SSSR count). The van der Waals surface area contributed by atoms with Gasteiger partial charge >= 0.3 is 0 Å². The number of nitrogens with zero attached hydrogens (tertiary/aromatic N) is 1. The molecule has 3 fully saturated rings. The zero-order valence-electron chi connectivity index (χ0n) is 16.3. The molecule has 1 aliphatic heterocycles. The molecule has 2 aromatic carbocycles. The Morgan fingerprint density at radius 3 is 2.29 bits per heavy atom. The molecule has 0 aromatic heterocycles. The van der Waals surface area contributed by atoms with Gasteiger partial charge in [0.2, 0.25) is 11.8 Å². The fourth-order valence-corrected chi connectivity index (χ4v) is 6.12. The standard InChI is InChI=1S/C24H18Cl2N2O3/c25-12-4-7-18(26)19(9-12)27-22(29)11-2-1-3-13(8-11)28-23(30)20-14-5-6-15(17-10-16(14)17)21(20)24(28)31/h1-9,14-17,20-21H,10H2,(H,27,29)/t14-,15-,16-,17+,20-,21-/m1/s1. The Morgan fingerprint density at radius 1 is 0.935 bits per heavy atom. The number of rotatable bonds is 3. The van der Waals surface area contributed by atoms with E-state index in [-0.39, 0.29) is 35.5 Å². The predicted octanol–water partition coefficient (Wildman–Crippen LogP) is 4.80. The molecule has 0 unspecified atom stereocenters. The molecule has 2 bridgehead atoms. The van der Waals surface area contributed by atoms with Crippen molar-refractivity contribution in [1.29, 1.82) is 0 Å². The van der Waals surface area contributed by atoms with Crippen LogP contribution in [0.1, 0.15) is 16.8 Å². The monoisotopic (exact) mass is 452 g/mol. The van der Waals surface area contributed by atoms with E-state index >= 15 is 0 Å². The van der Waals surface area contributed by atoms with E-state index in [2.05, 4.69) is 17.5 Å². The van der Waals surface area contributed by atoms with Gasteiger partial charge in [0.05, 0.1) is 28.2 Å². The van der Waals surface area contributed by atoms with Gasteiger partial charge in [0, 0.05) is 10.6 Å². The van der Waals surface area contributed by atoms with Crippen molar-refractivity contribution in [3.05, 3.63) is 70.2 Å². The van der Waals surface area contributed by atoms with E-state index in [9.17, 15) is 14.4 Å². The summed E-state index contributed by atoms with van der Waals surface area (Å²) in [6.45, 7) is 0. The maximum Gasteiger partial charge on any atom is 0.255 e. The lowest BCUT2D eigenvalue weighted by Gasteiger charge is -2.37. The molecule has 0 spiro atoms. The third-order valence-corrected chi connectivity index (χ3v) is 7.77. The number of nitrogens with one attached hydrogen (secondary N) is 1. The third kappa shape index (κ3) is 2.80. The van der Waals surface area contributed by atoms with Crippen molar-refractivity contribution >= 4 is 52.3 Å². The van der Waals surface area contributed by atoms with Crippen LogP contribution < -0.4 is 10.2 Å². The summed E-state index contributed by atoms with van der Waals surface area (Å²) in [5.74, 6) is 0.203. The first-order valence-corrected chi connectivity index (χ1v) is 11.1. The van der Waals surface area contributed by atoms with Gasteiger partial charge in [-0.25, -0.2) is 4.90 Å². The zero-order valence-corrected chi connectivity index (χ0v) is 17.8. The summed E-state index contributed by atoms with van der Waals surface area (Å²) in [5, 5.41) is 3.55. The minimum atomic E-state index is -0.398. The topological polar surface area (TPSA) is 66.5 Å². The van der Waals surface area contributed by atoms with Crippen molar-refractivity contribution < 1.29 is 14.4 Å². The van der Waals surface area contributed by atoms with Gasteiger partial charge in [0.1, 0.15) is 0 Å². The molecule has 31 heavy (non-hydrogen) atoms. The summed E-state index contributed by atoms with van der Waals surface area (Å²) in [6.07, 6.45) is 5.41. The van der Waals surface area contributed by atoms with Gasteiger partial charge in [-0.2, -0.15) is 0 Å². The Hall–Kier alpha value is -2.63. The van der Waals surface area contributed by atoms with Crippen LogP contribution in [-0.4, -0.2) is 17.7 Å². The van der Waals surface area contributed by atoms with E-state index in [0.29, 0.717) is 38.8 Å². The first-order valence-electron chi connectivity index (χ1n) is 10.4. The number of benzene rings is 2. The molecule has 1 N–H and O–H groups in total. The number of hydrogen-bond acceptors (Lipinski definition) is 3. The number of halogens is 2. The molecule has 2 saturated carbocycles. The Balaban J connectivity index is 1.29. The van der Waals surface area contributed by atoms with Crippen LogP contribution in [0.4, 0.5) is 11.4 Å². The molecule has 0 radical (unpaired) electrons. The molecule has 1 saturated heterocycles. The molecule has 6 atom stereocenters. The molecule has 7 heteroatoms. The van der Waals surface area contributed by atoms with Crippen molar-refractivity contribution in [2.75, 3.05) is 10.2 Å². The third-order valence-electron chi connectivity index (χ3n) is 7.21. The molecular weight excluding hydrogens is 435 g/mol. The van der Waals surface area contributed by atoms with Gasteiger partial charge in [-0.1, -0.05) is 41.4 Å². The van der Waals surface area contributed by atoms with Crippen molar-refractivity contribution in [1.82, 2.24) is 0 Å². The van der Waals surface area contributed by atoms with E-state index < -0.39 is 5.91 Å². The molecular formula is C24H18Cl2N2O3. The molecule has 4 aliphatic carbocycles. The average Bonchev–Trinajstić information content (AvgIpc) is 3.54. The number of hydrogen-bond donors (Lipinski definition) is 1. The second kappa shape index (κ2) is 6.68. The Morgan fingerprint density at radius 2 is 1.61 bits per heavy atom. The minimum Gasteiger partial charge on any atom is -0.321 e. The van der Waals surface area contributed by atoms with Crippen molar-refractivity contribution in [3.63, 3.8) is 0 Å². The second-order valence-corrected chi connectivity index (χ2v) is 9.64. The number of amides is 3. The Kier molecular flexibility index (Phi) is 4.11. The van der Waals surface area contributed by atoms with Crippen LogP contribution >= 0.6 is 23.2 Å². The first kappa shape index (κ1) is 19.1. The number of anilines is 2. The molecule has 3 amide bonds. The zero-order chi connectivity index (χ0) is 21.4. The highest BCUT2D eigenvalue weighted by Crippen LogP contribution is 2.65. The molecule has 1 heterocycles. The fraction of sp³-hybridized carbons (Fsp3) is 0.292. The minimum absolute atomic E-state index is 0.143. The van der Waals surface area contributed by atoms with Crippen LogP contribution in [0.15, 0.2) is 54.6 Å². The molecule has 156 valence electrons. The summed E-state index contributed by atoms with van der Waals surface area (Å²) in [7, 11) is 0. The summed E-state index contributed by atoms with van der Waals surface area (Å²) < 4.78 is 0. The summed E-state index contributed by atoms with van der Waals surface area (Å²) in [5.41, 5.74) is 1.15. The number of carbonyl (C=O) groups is 3. The van der Waals surface area contributed by atoms with Crippen molar-refractivity contribution in [2.24, 2.45) is 35.5 Å². The van der Waals surface area contributed by atoms with Crippen LogP contribution in [0.25, 0.3) is 0 Å². The normalized spacial score (nSPS) is 32.1. The number of allylic oxidation sites excluding steroid dienone is 2. The Bertz CT molecular complexity index is 1160. The molecule has 5 nitrogen and oxygen atoms in total. The van der Waals surface area contributed by atoms with E-state index in [1.165, 1.54) is 4.90 Å². The summed E-state index contributed by atoms with van der Waals surface area (Å²) in [6, 6.07) is 11.4. The lowest BCUT2D eigenvalue weighted by molar-refractivity contribution is -0.124. The van der Waals surface area contributed by atoms with Crippen molar-refractivity contribution in [3.8, 4) is 0 Å². The SMILES string of the molecule is O=C(Nc1cc(Cl)ccc1Cl)c1cccc(N2C(=O)[C@@H]3[C@@H]4C=C[C@H]([C@@H]5C[C@H]45)[C@H]3C2=O)c1. The summed E-state index contributed by atoms with van der Waals surface area (Å²) in [4.78, 5) is 40.7. The van der Waals surface area contributed by atoms with Gasteiger partial charge in [0.15, 0.2) is 0 Å². The van der Waals surface area contributed by atoms with E-state index in [0.717, 1.165) is 6.42 Å². The highest BCUT2D eigenvalue weighted by Gasteiger charge is 2.67. The summed E-state index contributed by atoms with van der Waals surface area (Å²) >= 11 is 12.1. The van der Waals surface area contributed by atoms with Gasteiger partial charge in [-0.15, -0.1) is 0 Å². The molecule has 2 aromatic rings. The van der Waals surface area contributed by atoms with Crippen LogP contribution in [0.3, 0.4) is 0 Å². The predicted molar refractivity (Wildman–Crippen MR) is 118 cm³/mol. The largest absolute Gasteiger partial charge is 0.321 e. The van der Waals surface area contributed by atoms with Crippen molar-refractivity contribution in [2.45, 2.75) is 6.42 Å². The van der Waals surface area contributed by atoms with E-state index in [1.807, 2.05) is 0 Å². The first-order chi connectivity index (χ1) is 14.9. The number of carbonyl (C=O) groups excluding carboxylic acids is 3. The van der Waals surface area contributed by atoms with Gasteiger partial charge < -0.3 is 5.32 Å². The van der Waals surface area contributed by atoms with Crippen LogP contribution in [-0.2, 0) is 9.59 Å². The second-order valence-electron chi connectivity index (χ2n) is 8.80. The van der Waals surface area contributed by atoms with Crippen LogP contribution in [0.2, 0.25) is 10.0 Å². The maximum absolute atomic E-state index is 13.3. The Labute approximate surface area is 189 Å². The maximum atomic E-state index is 13.3. The quantitative estimate of drug-likeness (QED) is 0.536. The van der Waals surface area contributed by atoms with Gasteiger partial charge in [-0.05, 0) is 66.5 Å². The highest BCUT2D eigenvalue weighted by atomic mass is 35.5. The van der Waals surface area contributed by atoms with Gasteiger partial charge in [0.25, 0.3) is 5.91 Å². The van der Waals surface area contributed by atoms with Crippen LogP contribution in [0.5, 0.6) is 0 Å². The lowest BCUT2D eigenvalue weighted by Crippen LogP contribution is -2.40. The smallest absolute Gasteiger partial charge is 0.255 e. The fourth-order valence-electron chi connectivity index (χ4n) is 5.79. The lowest BCUT2D eigenvalue weighted by atomic mass is 9.63. The van der Waals surface area contributed by atoms with E-state index in [1.54, 1.807) is 42.5 Å². The van der Waals surface area contributed by atoms with E-state index in [4.69, 9.17) is 23.2 Å².